The van der Waals surface area contributed by atoms with Crippen molar-refractivity contribution < 1.29 is 22.5 Å². The number of rotatable bonds is 6. The molecule has 1 atom stereocenters. The van der Waals surface area contributed by atoms with E-state index in [9.17, 15) is 13.2 Å². The Morgan fingerprint density at radius 3 is 2.50 bits per heavy atom. The van der Waals surface area contributed by atoms with E-state index < -0.39 is 22.2 Å². The van der Waals surface area contributed by atoms with E-state index in [1.54, 1.807) is 0 Å². The highest BCUT2D eigenvalue weighted by atomic mass is 32.2. The minimum Gasteiger partial charge on any atom is -0.366 e. The number of hydrogen-bond donors (Lipinski definition) is 1. The topological polar surface area (TPSA) is 119 Å². The minimum atomic E-state index is -3.78. The fraction of sp³-hybridized carbons (Fsp3) is 0.273. The quantitative estimate of drug-likeness (QED) is 0.604. The van der Waals surface area contributed by atoms with Crippen molar-refractivity contribution in [2.75, 3.05) is 31.6 Å². The van der Waals surface area contributed by atoms with Crippen LogP contribution in [0.5, 0.6) is 0 Å². The van der Waals surface area contributed by atoms with Crippen molar-refractivity contribution in [3.63, 3.8) is 0 Å². The molecule has 3 aromatic rings. The van der Waals surface area contributed by atoms with Crippen LogP contribution in [0, 0.1) is 6.92 Å². The second kappa shape index (κ2) is 8.73. The molecule has 2 N–H and O–H groups in total. The van der Waals surface area contributed by atoms with E-state index in [4.69, 9.17) is 15.0 Å². The van der Waals surface area contributed by atoms with Gasteiger partial charge in [0, 0.05) is 24.7 Å². The van der Waals surface area contributed by atoms with Crippen LogP contribution in [0.2, 0.25) is 0 Å². The normalized spacial score (nSPS) is 17.2. The summed E-state index contributed by atoms with van der Waals surface area (Å²) in [5.41, 5.74) is 7.79. The second-order valence-corrected chi connectivity index (χ2v) is 9.43. The van der Waals surface area contributed by atoms with E-state index in [-0.39, 0.29) is 30.2 Å². The molecule has 1 unspecified atom stereocenters. The summed E-state index contributed by atoms with van der Waals surface area (Å²) in [5.74, 6) is -0.00250. The van der Waals surface area contributed by atoms with Crippen LogP contribution in [0.1, 0.15) is 16.1 Å². The molecule has 1 aliphatic heterocycles. The van der Waals surface area contributed by atoms with Gasteiger partial charge in [0.15, 0.2) is 5.76 Å². The van der Waals surface area contributed by atoms with E-state index in [0.717, 1.165) is 11.3 Å². The summed E-state index contributed by atoms with van der Waals surface area (Å²) in [6.45, 7) is 2.38. The van der Waals surface area contributed by atoms with Crippen LogP contribution >= 0.6 is 0 Å². The summed E-state index contributed by atoms with van der Waals surface area (Å²) in [4.78, 5) is 13.2. The average Bonchev–Trinajstić information content (AvgIpc) is 3.20. The number of aryl methyl sites for hydroxylation is 1. The van der Waals surface area contributed by atoms with Crippen LogP contribution in [0.25, 0.3) is 11.3 Å². The minimum absolute atomic E-state index is 0.0944. The van der Waals surface area contributed by atoms with Gasteiger partial charge in [0.1, 0.15) is 17.6 Å². The molecular formula is C22H24N4O5S. The Hall–Kier alpha value is -3.21. The largest absolute Gasteiger partial charge is 0.366 e. The molecule has 10 heteroatoms. The summed E-state index contributed by atoms with van der Waals surface area (Å²) in [5, 5.41) is 4.20. The van der Waals surface area contributed by atoms with Gasteiger partial charge < -0.3 is 19.9 Å². The maximum absolute atomic E-state index is 13.2. The van der Waals surface area contributed by atoms with Gasteiger partial charge in [0.05, 0.1) is 18.0 Å². The lowest BCUT2D eigenvalue weighted by atomic mass is 10.1. The van der Waals surface area contributed by atoms with E-state index >= 15 is 0 Å². The van der Waals surface area contributed by atoms with E-state index in [1.807, 2.05) is 49.2 Å². The SMILES string of the molecule is Cc1onc(-c2ccccc2)c1N(C)C1CN(S(=O)(=O)c2ccc(C(N)=O)cc2)CCO1. The average molecular weight is 457 g/mol. The van der Waals surface area contributed by atoms with Crippen LogP contribution < -0.4 is 10.6 Å². The molecule has 0 bridgehead atoms. The van der Waals surface area contributed by atoms with Gasteiger partial charge in [-0.25, -0.2) is 8.42 Å². The number of morpholine rings is 1. The van der Waals surface area contributed by atoms with Crippen molar-refractivity contribution in [1.29, 1.82) is 0 Å². The Labute approximate surface area is 186 Å². The molecular weight excluding hydrogens is 432 g/mol. The number of ether oxygens (including phenoxy) is 1. The number of amides is 1. The zero-order chi connectivity index (χ0) is 22.9. The van der Waals surface area contributed by atoms with Gasteiger partial charge in [-0.3, -0.25) is 4.79 Å². The van der Waals surface area contributed by atoms with Crippen molar-refractivity contribution in [3.05, 3.63) is 65.9 Å². The van der Waals surface area contributed by atoms with Gasteiger partial charge in [-0.05, 0) is 31.2 Å². The third-order valence-electron chi connectivity index (χ3n) is 5.45. The Morgan fingerprint density at radius 2 is 1.84 bits per heavy atom. The number of carbonyl (C=O) groups excluding carboxylic acids is 1. The third kappa shape index (κ3) is 4.12. The van der Waals surface area contributed by atoms with Gasteiger partial charge in [0.25, 0.3) is 0 Å². The highest BCUT2D eigenvalue weighted by Gasteiger charge is 2.34. The molecule has 2 aromatic carbocycles. The van der Waals surface area contributed by atoms with Crippen LogP contribution in [0.3, 0.4) is 0 Å². The predicted octanol–water partition coefficient (Wildman–Crippen LogP) is 2.23. The molecule has 0 spiro atoms. The lowest BCUT2D eigenvalue weighted by molar-refractivity contribution is 0.0000577. The molecule has 1 aliphatic rings. The maximum atomic E-state index is 13.2. The van der Waals surface area contributed by atoms with Crippen molar-refractivity contribution in [1.82, 2.24) is 9.46 Å². The lowest BCUT2D eigenvalue weighted by Crippen LogP contribution is -2.51. The van der Waals surface area contributed by atoms with Gasteiger partial charge in [-0.2, -0.15) is 4.31 Å². The Bertz CT molecular complexity index is 1210. The fourth-order valence-electron chi connectivity index (χ4n) is 3.71. The standard InChI is InChI=1S/C22H24N4O5S/c1-15-21(20(24-31-15)16-6-4-3-5-7-16)25(2)19-14-26(12-13-30-19)32(28,29)18-10-8-17(9-11-18)22(23)27/h3-11,19H,12-14H2,1-2H3,(H2,23,27). The molecule has 0 radical (unpaired) electrons. The van der Waals surface area contributed by atoms with Crippen LogP contribution in [-0.2, 0) is 14.8 Å². The maximum Gasteiger partial charge on any atom is 0.248 e. The molecule has 1 fully saturated rings. The zero-order valence-electron chi connectivity index (χ0n) is 17.8. The van der Waals surface area contributed by atoms with E-state index in [1.165, 1.54) is 28.6 Å². The van der Waals surface area contributed by atoms with Crippen LogP contribution in [0.4, 0.5) is 5.69 Å². The van der Waals surface area contributed by atoms with Gasteiger partial charge >= 0.3 is 0 Å². The first-order valence-corrected chi connectivity index (χ1v) is 11.5. The van der Waals surface area contributed by atoms with Crippen molar-refractivity contribution in [3.8, 4) is 11.3 Å². The number of nitrogens with zero attached hydrogens (tertiary/aromatic N) is 3. The summed E-state index contributed by atoms with van der Waals surface area (Å²) in [6.07, 6.45) is -0.538. The summed E-state index contributed by atoms with van der Waals surface area (Å²) >= 11 is 0. The number of benzene rings is 2. The number of carbonyl (C=O) groups is 1. The van der Waals surface area contributed by atoms with E-state index in [0.29, 0.717) is 11.5 Å². The number of anilines is 1. The number of hydrogen-bond acceptors (Lipinski definition) is 7. The van der Waals surface area contributed by atoms with Crippen LogP contribution in [-0.4, -0.2) is 56.8 Å². The predicted molar refractivity (Wildman–Crippen MR) is 119 cm³/mol. The third-order valence-corrected chi connectivity index (χ3v) is 7.33. The Kier molecular flexibility index (Phi) is 6.00. The number of nitrogens with two attached hydrogens (primary N) is 1. The summed E-state index contributed by atoms with van der Waals surface area (Å²) in [6, 6.07) is 15.2. The molecule has 0 saturated carbocycles. The molecule has 32 heavy (non-hydrogen) atoms. The molecule has 1 saturated heterocycles. The zero-order valence-corrected chi connectivity index (χ0v) is 18.6. The molecule has 1 amide bonds. The van der Waals surface area contributed by atoms with Gasteiger partial charge in [-0.15, -0.1) is 0 Å². The molecule has 168 valence electrons. The van der Waals surface area contributed by atoms with Gasteiger partial charge in [-0.1, -0.05) is 35.5 Å². The summed E-state index contributed by atoms with van der Waals surface area (Å²) < 4.78 is 39.1. The van der Waals surface area contributed by atoms with E-state index in [2.05, 4.69) is 5.16 Å². The first-order chi connectivity index (χ1) is 15.3. The lowest BCUT2D eigenvalue weighted by Gasteiger charge is -2.37. The first kappa shape index (κ1) is 22.0. The van der Waals surface area contributed by atoms with Crippen molar-refractivity contribution in [2.45, 2.75) is 18.0 Å². The number of primary amides is 1. The molecule has 0 aliphatic carbocycles. The second-order valence-electron chi connectivity index (χ2n) is 7.49. The summed E-state index contributed by atoms with van der Waals surface area (Å²) in [7, 11) is -1.95. The van der Waals surface area contributed by atoms with Gasteiger partial charge in [0.2, 0.25) is 15.9 Å². The highest BCUT2D eigenvalue weighted by Crippen LogP contribution is 2.34. The molecule has 2 heterocycles. The molecule has 9 nitrogen and oxygen atoms in total. The molecule has 1 aromatic heterocycles. The fourth-order valence-corrected chi connectivity index (χ4v) is 5.13. The molecule has 4 rings (SSSR count). The Morgan fingerprint density at radius 1 is 1.16 bits per heavy atom. The van der Waals surface area contributed by atoms with Crippen molar-refractivity contribution >= 4 is 21.6 Å². The van der Waals surface area contributed by atoms with Crippen LogP contribution in [0.15, 0.2) is 64.0 Å². The smallest absolute Gasteiger partial charge is 0.248 e. The number of aromatic nitrogens is 1. The Balaban J connectivity index is 1.58. The first-order valence-electron chi connectivity index (χ1n) is 10.0. The monoisotopic (exact) mass is 456 g/mol. The highest BCUT2D eigenvalue weighted by molar-refractivity contribution is 7.89. The number of sulfonamides is 1. The number of likely N-dealkylation sites (N-methyl/N-ethyl adjacent to an activating group) is 1. The van der Waals surface area contributed by atoms with Crippen molar-refractivity contribution in [2.24, 2.45) is 5.73 Å².